The highest BCUT2D eigenvalue weighted by Crippen LogP contribution is 2.51. The summed E-state index contributed by atoms with van der Waals surface area (Å²) in [7, 11) is 0. The quantitative estimate of drug-likeness (QED) is 0.0964. The van der Waals surface area contributed by atoms with Crippen LogP contribution < -0.4 is 11.3 Å². The molecule has 0 aromatic carbocycles. The third-order valence-corrected chi connectivity index (χ3v) is 9.29. The standard InChI is InChI=1S/C20H25N9O10P2S2/c21-18-17-19(23-6-22-18)29(8-25-17)15-2-11(13(38-15)5-35-40(32,33)42)39-41(34,43)36-4-12-10(30)1-14(37-12)28-7-24-16-9(28)3-26-27-20(16)31/h3,6-8,10-15,30H,1-2,4-5H2,(H,27,31)(H,34,43)(H2,21,22,23)(H2,32,33,42)/t10-,11-,12+,13+,14+,15+,41?/m0/s1. The number of hydrogen-bond acceptors (Lipinski definition) is 15. The summed E-state index contributed by atoms with van der Waals surface area (Å²) in [6, 6.07) is 0. The van der Waals surface area contributed by atoms with E-state index < -0.39 is 62.6 Å². The Morgan fingerprint density at radius 2 is 1.77 bits per heavy atom. The number of imidazole rings is 2. The molecule has 19 nitrogen and oxygen atoms in total. The van der Waals surface area contributed by atoms with Crippen LogP contribution in [0.3, 0.4) is 0 Å². The molecule has 0 amide bonds. The van der Waals surface area contributed by atoms with Gasteiger partial charge in [0.15, 0.2) is 17.0 Å². The van der Waals surface area contributed by atoms with Gasteiger partial charge in [-0.05, 0) is 11.8 Å². The van der Waals surface area contributed by atoms with E-state index in [-0.39, 0.29) is 30.8 Å². The van der Waals surface area contributed by atoms with Gasteiger partial charge in [0, 0.05) is 12.8 Å². The van der Waals surface area contributed by atoms with Crippen molar-refractivity contribution >= 4 is 65.6 Å². The average molecular weight is 678 g/mol. The summed E-state index contributed by atoms with van der Waals surface area (Å²) < 4.78 is 43.0. The molecule has 2 aliphatic heterocycles. The number of aliphatic hydroxyl groups excluding tert-OH is 1. The third-order valence-electron chi connectivity index (χ3n) is 6.87. The second kappa shape index (κ2) is 11.8. The van der Waals surface area contributed by atoms with Gasteiger partial charge in [0.05, 0.1) is 49.8 Å². The predicted octanol–water partition coefficient (Wildman–Crippen LogP) is 0.143. The number of nitrogens with two attached hydrogens (primary N) is 1. The number of hydrogen-bond donors (Lipinski definition) is 6. The number of H-pyrrole nitrogens is 1. The van der Waals surface area contributed by atoms with E-state index >= 15 is 0 Å². The Labute approximate surface area is 251 Å². The maximum Gasteiger partial charge on any atom is 0.383 e. The molecule has 2 unspecified atom stereocenters. The Morgan fingerprint density at radius 3 is 2.56 bits per heavy atom. The molecule has 6 rings (SSSR count). The van der Waals surface area contributed by atoms with Crippen molar-refractivity contribution in [1.82, 2.24) is 39.3 Å². The lowest BCUT2D eigenvalue weighted by molar-refractivity contribution is -0.0487. The summed E-state index contributed by atoms with van der Waals surface area (Å²) in [5.74, 6) is 0.162. The summed E-state index contributed by atoms with van der Waals surface area (Å²) >= 11 is 8.76. The fourth-order valence-corrected chi connectivity index (χ4v) is 6.91. The van der Waals surface area contributed by atoms with E-state index in [0.29, 0.717) is 16.7 Å². The van der Waals surface area contributed by atoms with Crippen LogP contribution in [0, 0.1) is 0 Å². The number of aliphatic hydroxyl groups is 1. The molecule has 6 N–H and O–H groups in total. The first-order valence-corrected chi connectivity index (χ1v) is 17.9. The number of anilines is 1. The molecule has 2 fully saturated rings. The fourth-order valence-electron chi connectivity index (χ4n) is 4.90. The molecular weight excluding hydrogens is 652 g/mol. The van der Waals surface area contributed by atoms with E-state index in [9.17, 15) is 24.3 Å². The zero-order chi connectivity index (χ0) is 30.5. The minimum absolute atomic E-state index is 0.0828. The molecule has 0 spiro atoms. The summed E-state index contributed by atoms with van der Waals surface area (Å²) in [5.41, 5.74) is 6.69. The van der Waals surface area contributed by atoms with Crippen molar-refractivity contribution in [3.05, 3.63) is 35.5 Å². The summed E-state index contributed by atoms with van der Waals surface area (Å²) in [6.07, 6.45) is 0.401. The topological polar surface area (TPSA) is 257 Å². The van der Waals surface area contributed by atoms with E-state index in [1.807, 2.05) is 0 Å². The zero-order valence-electron chi connectivity index (χ0n) is 21.8. The number of aromatic nitrogens is 8. The highest BCUT2D eigenvalue weighted by atomic mass is 32.7. The fraction of sp³-hybridized carbons (Fsp3) is 0.500. The maximum absolute atomic E-state index is 11.9. The number of aromatic amines is 1. The lowest BCUT2D eigenvalue weighted by atomic mass is 10.2. The number of nitrogen functional groups attached to an aromatic ring is 1. The van der Waals surface area contributed by atoms with E-state index in [4.69, 9.17) is 40.6 Å². The third kappa shape index (κ3) is 6.53. The minimum Gasteiger partial charge on any atom is -0.390 e. The number of nitrogens with one attached hydrogen (secondary N) is 1. The lowest BCUT2D eigenvalue weighted by Crippen LogP contribution is -2.29. The van der Waals surface area contributed by atoms with E-state index in [1.165, 1.54) is 25.2 Å². The molecule has 0 saturated carbocycles. The van der Waals surface area contributed by atoms with Crippen molar-refractivity contribution in [2.24, 2.45) is 0 Å². The zero-order valence-corrected chi connectivity index (χ0v) is 25.3. The van der Waals surface area contributed by atoms with Gasteiger partial charge in [0.2, 0.25) is 0 Å². The van der Waals surface area contributed by atoms with Gasteiger partial charge in [-0.15, -0.1) is 0 Å². The Kier molecular flexibility index (Phi) is 8.44. The molecule has 0 radical (unpaired) electrons. The van der Waals surface area contributed by atoms with Crippen molar-refractivity contribution in [3.8, 4) is 0 Å². The molecule has 4 aromatic rings. The van der Waals surface area contributed by atoms with Gasteiger partial charge in [-0.25, -0.2) is 29.6 Å². The SMILES string of the molecule is Nc1ncnc2c1ncn2[C@H]1C[C@H](OP(O)(=S)OC[C@H]2O[C@@H](n3cnc4c(=O)[nH]ncc43)C[C@@H]2O)[C@@H](COP(=O)(O)S)O1. The van der Waals surface area contributed by atoms with Crippen molar-refractivity contribution in [2.75, 3.05) is 18.9 Å². The second-order valence-electron chi connectivity index (χ2n) is 9.66. The number of rotatable bonds is 10. The highest BCUT2D eigenvalue weighted by molar-refractivity contribution is 8.44. The molecule has 4 aromatic heterocycles. The minimum atomic E-state index is -4.18. The number of thiol groups is 1. The van der Waals surface area contributed by atoms with Crippen LogP contribution in [0.5, 0.6) is 0 Å². The smallest absolute Gasteiger partial charge is 0.383 e. The van der Waals surface area contributed by atoms with Crippen LogP contribution in [0.4, 0.5) is 5.82 Å². The Hall–Kier alpha value is -2.39. The van der Waals surface area contributed by atoms with Crippen LogP contribution in [0.15, 0.2) is 30.0 Å². The first-order chi connectivity index (χ1) is 20.4. The summed E-state index contributed by atoms with van der Waals surface area (Å²) in [5, 5.41) is 16.7. The van der Waals surface area contributed by atoms with Gasteiger partial charge in [-0.1, -0.05) is 12.2 Å². The molecule has 2 saturated heterocycles. The molecule has 8 atom stereocenters. The Morgan fingerprint density at radius 1 is 1.07 bits per heavy atom. The normalized spacial score (nSPS) is 28.8. The molecule has 6 heterocycles. The van der Waals surface area contributed by atoms with Gasteiger partial charge in [-0.2, -0.15) is 5.10 Å². The largest absolute Gasteiger partial charge is 0.390 e. The maximum atomic E-state index is 11.9. The Balaban J connectivity index is 1.13. The summed E-state index contributed by atoms with van der Waals surface area (Å²) in [4.78, 5) is 48.8. The van der Waals surface area contributed by atoms with E-state index in [2.05, 4.69) is 42.4 Å². The van der Waals surface area contributed by atoms with Crippen LogP contribution in [0.2, 0.25) is 0 Å². The monoisotopic (exact) mass is 677 g/mol. The van der Waals surface area contributed by atoms with E-state index in [1.54, 1.807) is 9.13 Å². The van der Waals surface area contributed by atoms with Crippen LogP contribution in [-0.4, -0.2) is 91.8 Å². The first-order valence-electron chi connectivity index (χ1n) is 12.6. The molecule has 0 bridgehead atoms. The average Bonchev–Trinajstić information content (AvgIpc) is 3.71. The summed E-state index contributed by atoms with van der Waals surface area (Å²) in [6.45, 7) is -8.94. The van der Waals surface area contributed by atoms with Gasteiger partial charge >= 0.3 is 13.5 Å². The predicted molar refractivity (Wildman–Crippen MR) is 153 cm³/mol. The van der Waals surface area contributed by atoms with Gasteiger partial charge in [0.1, 0.15) is 36.5 Å². The van der Waals surface area contributed by atoms with Gasteiger partial charge in [-0.3, -0.25) is 13.9 Å². The van der Waals surface area contributed by atoms with Crippen molar-refractivity contribution in [1.29, 1.82) is 0 Å². The van der Waals surface area contributed by atoms with Crippen LogP contribution in [0.25, 0.3) is 22.2 Å². The van der Waals surface area contributed by atoms with Crippen LogP contribution in [0.1, 0.15) is 25.3 Å². The number of fused-ring (bicyclic) bond motifs is 2. The number of ether oxygens (including phenoxy) is 2. The molecule has 0 aliphatic carbocycles. The van der Waals surface area contributed by atoms with Gasteiger partial charge in [0.25, 0.3) is 5.56 Å². The lowest BCUT2D eigenvalue weighted by Gasteiger charge is -2.25. The molecule has 232 valence electrons. The van der Waals surface area contributed by atoms with Crippen molar-refractivity contribution in [3.63, 3.8) is 0 Å². The Bertz CT molecular complexity index is 1800. The molecule has 2 aliphatic rings. The molecular formula is C20H25N9O10P2S2. The number of nitrogens with zero attached hydrogens (tertiary/aromatic N) is 7. The molecule has 23 heteroatoms. The van der Waals surface area contributed by atoms with Crippen molar-refractivity contribution < 1.29 is 42.5 Å². The van der Waals surface area contributed by atoms with Gasteiger partial charge < -0.3 is 43.7 Å². The highest BCUT2D eigenvalue weighted by Gasteiger charge is 2.43. The van der Waals surface area contributed by atoms with E-state index in [0.717, 1.165) is 0 Å². The molecule has 43 heavy (non-hydrogen) atoms. The second-order valence-corrected chi connectivity index (χ2v) is 15.2. The van der Waals surface area contributed by atoms with Crippen molar-refractivity contribution in [2.45, 2.75) is 49.7 Å². The van der Waals surface area contributed by atoms with Crippen LogP contribution >= 0.6 is 25.8 Å². The first kappa shape index (κ1) is 30.6. The van der Waals surface area contributed by atoms with Crippen LogP contribution in [-0.2, 0) is 39.4 Å².